The molecule has 116 valence electrons. The first kappa shape index (κ1) is 15.8. The molecule has 0 saturated heterocycles. The van der Waals surface area contributed by atoms with Crippen molar-refractivity contribution in [1.29, 1.82) is 0 Å². The number of nitrogens with one attached hydrogen (secondary N) is 1. The van der Waals surface area contributed by atoms with Crippen molar-refractivity contribution in [3.05, 3.63) is 24.0 Å². The van der Waals surface area contributed by atoms with Crippen molar-refractivity contribution in [1.82, 2.24) is 9.88 Å². The van der Waals surface area contributed by atoms with Gasteiger partial charge in [0.25, 0.3) is 5.91 Å². The van der Waals surface area contributed by atoms with E-state index < -0.39 is 0 Å². The second-order valence-electron chi connectivity index (χ2n) is 6.01. The highest BCUT2D eigenvalue weighted by molar-refractivity contribution is 5.93. The molecule has 0 aromatic carbocycles. The molecule has 1 N–H and O–H groups in total. The average molecular weight is 289 g/mol. The zero-order valence-electron chi connectivity index (χ0n) is 13.4. The van der Waals surface area contributed by atoms with Crippen molar-refractivity contribution in [2.75, 3.05) is 18.4 Å². The third kappa shape index (κ3) is 4.19. The second-order valence-corrected chi connectivity index (χ2v) is 6.01. The predicted octanol–water partition coefficient (Wildman–Crippen LogP) is 3.55. The van der Waals surface area contributed by atoms with Crippen molar-refractivity contribution in [3.8, 4) is 0 Å². The van der Waals surface area contributed by atoms with Gasteiger partial charge in [0.1, 0.15) is 5.69 Å². The van der Waals surface area contributed by atoms with E-state index in [1.165, 1.54) is 25.7 Å². The highest BCUT2D eigenvalue weighted by atomic mass is 16.2. The Hall–Kier alpha value is -1.58. The Balaban J connectivity index is 2.02. The van der Waals surface area contributed by atoms with E-state index in [2.05, 4.69) is 17.2 Å². The van der Waals surface area contributed by atoms with Crippen LogP contribution in [0.25, 0.3) is 0 Å². The number of hydrogen-bond donors (Lipinski definition) is 1. The summed E-state index contributed by atoms with van der Waals surface area (Å²) in [6.45, 7) is 7.74. The highest BCUT2D eigenvalue weighted by Crippen LogP contribution is 2.26. The summed E-state index contributed by atoms with van der Waals surface area (Å²) in [5, 5.41) is 3.56. The minimum Gasteiger partial charge on any atom is -0.382 e. The first-order valence-corrected chi connectivity index (χ1v) is 8.15. The van der Waals surface area contributed by atoms with Gasteiger partial charge >= 0.3 is 0 Å². The fraction of sp³-hybridized carbons (Fsp3) is 0.647. The maximum atomic E-state index is 12.3. The molecule has 1 saturated carbocycles. The largest absolute Gasteiger partial charge is 0.382 e. The van der Waals surface area contributed by atoms with Crippen molar-refractivity contribution in [2.45, 2.75) is 52.5 Å². The molecule has 0 bridgehead atoms. The summed E-state index contributed by atoms with van der Waals surface area (Å²) in [6.07, 6.45) is 6.72. The number of hydrogen-bond acceptors (Lipinski definition) is 3. The van der Waals surface area contributed by atoms with Crippen LogP contribution in [0.2, 0.25) is 0 Å². The molecule has 1 aliphatic rings. The van der Waals surface area contributed by atoms with Gasteiger partial charge in [0, 0.05) is 31.0 Å². The lowest BCUT2D eigenvalue weighted by molar-refractivity contribution is 0.0767. The smallest absolute Gasteiger partial charge is 0.272 e. The van der Waals surface area contributed by atoms with Gasteiger partial charge in [-0.3, -0.25) is 9.78 Å². The Bertz CT molecular complexity index is 463. The Morgan fingerprint density at radius 1 is 1.29 bits per heavy atom. The Morgan fingerprint density at radius 3 is 2.57 bits per heavy atom. The van der Waals surface area contributed by atoms with E-state index in [1.807, 2.05) is 26.0 Å². The second kappa shape index (κ2) is 7.43. The van der Waals surface area contributed by atoms with E-state index in [4.69, 9.17) is 0 Å². The van der Waals surface area contributed by atoms with Gasteiger partial charge in [0.15, 0.2) is 0 Å². The number of carbonyl (C=O) groups excluding carboxylic acids is 1. The lowest BCUT2D eigenvalue weighted by atomic mass is 9.87. The maximum Gasteiger partial charge on any atom is 0.272 e. The highest BCUT2D eigenvalue weighted by Gasteiger charge is 2.19. The maximum absolute atomic E-state index is 12.3. The molecular formula is C17H27N3O. The van der Waals surface area contributed by atoms with Gasteiger partial charge in [-0.2, -0.15) is 0 Å². The average Bonchev–Trinajstić information content (AvgIpc) is 2.51. The van der Waals surface area contributed by atoms with Crippen LogP contribution in [0.15, 0.2) is 18.3 Å². The van der Waals surface area contributed by atoms with Crippen LogP contribution in [0.3, 0.4) is 0 Å². The summed E-state index contributed by atoms with van der Waals surface area (Å²) in [5.74, 6) is 0.862. The molecule has 0 atom stereocenters. The zero-order chi connectivity index (χ0) is 15.2. The Labute approximate surface area is 127 Å². The molecule has 1 aliphatic carbocycles. The van der Waals surface area contributed by atoms with Crippen molar-refractivity contribution >= 4 is 11.6 Å². The van der Waals surface area contributed by atoms with Crippen LogP contribution in [-0.4, -0.2) is 34.9 Å². The third-order valence-electron chi connectivity index (χ3n) is 4.42. The van der Waals surface area contributed by atoms with Gasteiger partial charge in [-0.05, 0) is 57.6 Å². The molecule has 0 aliphatic heterocycles. The molecule has 0 spiro atoms. The standard InChI is InChI=1S/C17H27N3O/c1-4-20(5-2)17(21)16-12-15(10-11-18-16)19-14-8-6-13(3)7-9-14/h10-14H,4-9H2,1-3H3,(H,18,19). The molecule has 4 nitrogen and oxygen atoms in total. The third-order valence-corrected chi connectivity index (χ3v) is 4.42. The molecule has 0 unspecified atom stereocenters. The molecule has 1 aromatic rings. The molecule has 4 heteroatoms. The van der Waals surface area contributed by atoms with E-state index in [0.29, 0.717) is 11.7 Å². The molecule has 1 amide bonds. The first-order valence-electron chi connectivity index (χ1n) is 8.15. The van der Waals surface area contributed by atoms with E-state index >= 15 is 0 Å². The van der Waals surface area contributed by atoms with E-state index in [9.17, 15) is 4.79 Å². The van der Waals surface area contributed by atoms with E-state index in [1.54, 1.807) is 11.1 Å². The van der Waals surface area contributed by atoms with Crippen molar-refractivity contribution in [2.24, 2.45) is 5.92 Å². The monoisotopic (exact) mass is 289 g/mol. The van der Waals surface area contributed by atoms with Crippen LogP contribution < -0.4 is 5.32 Å². The van der Waals surface area contributed by atoms with Gasteiger partial charge in [-0.15, -0.1) is 0 Å². The van der Waals surface area contributed by atoms with Crippen LogP contribution in [0.5, 0.6) is 0 Å². The molecule has 1 fully saturated rings. The minimum atomic E-state index is 0.0147. The van der Waals surface area contributed by atoms with Gasteiger partial charge in [-0.25, -0.2) is 0 Å². The summed E-state index contributed by atoms with van der Waals surface area (Å²) in [6, 6.07) is 4.37. The number of aromatic nitrogens is 1. The zero-order valence-corrected chi connectivity index (χ0v) is 13.4. The minimum absolute atomic E-state index is 0.0147. The number of rotatable bonds is 5. The van der Waals surface area contributed by atoms with Crippen LogP contribution in [-0.2, 0) is 0 Å². The molecule has 0 radical (unpaired) electrons. The summed E-state index contributed by atoms with van der Waals surface area (Å²) in [7, 11) is 0. The molecule has 21 heavy (non-hydrogen) atoms. The normalized spacial score (nSPS) is 21.9. The molecule has 1 heterocycles. The molecular weight excluding hydrogens is 262 g/mol. The van der Waals surface area contributed by atoms with Gasteiger partial charge < -0.3 is 10.2 Å². The topological polar surface area (TPSA) is 45.2 Å². The summed E-state index contributed by atoms with van der Waals surface area (Å²) >= 11 is 0. The summed E-state index contributed by atoms with van der Waals surface area (Å²) < 4.78 is 0. The number of anilines is 1. The van der Waals surface area contributed by atoms with Crippen LogP contribution in [0.1, 0.15) is 56.9 Å². The first-order chi connectivity index (χ1) is 10.1. The quantitative estimate of drug-likeness (QED) is 0.901. The van der Waals surface area contributed by atoms with Crippen LogP contribution in [0.4, 0.5) is 5.69 Å². The predicted molar refractivity (Wildman–Crippen MR) is 86.5 cm³/mol. The van der Waals surface area contributed by atoms with Crippen molar-refractivity contribution in [3.63, 3.8) is 0 Å². The number of carbonyl (C=O) groups is 1. The SMILES string of the molecule is CCN(CC)C(=O)c1cc(NC2CCC(C)CC2)ccn1. The lowest BCUT2D eigenvalue weighted by Gasteiger charge is -2.28. The summed E-state index contributed by atoms with van der Waals surface area (Å²) in [4.78, 5) is 18.4. The fourth-order valence-electron chi connectivity index (χ4n) is 2.95. The van der Waals surface area contributed by atoms with Crippen LogP contribution in [0, 0.1) is 5.92 Å². The Kier molecular flexibility index (Phi) is 5.59. The fourth-order valence-corrected chi connectivity index (χ4v) is 2.95. The van der Waals surface area contributed by atoms with E-state index in [0.717, 1.165) is 24.7 Å². The number of amides is 1. The van der Waals surface area contributed by atoms with Gasteiger partial charge in [0.2, 0.25) is 0 Å². The van der Waals surface area contributed by atoms with E-state index in [-0.39, 0.29) is 5.91 Å². The van der Waals surface area contributed by atoms with Crippen molar-refractivity contribution < 1.29 is 4.79 Å². The molecule has 1 aromatic heterocycles. The lowest BCUT2D eigenvalue weighted by Crippen LogP contribution is -2.31. The molecule has 2 rings (SSSR count). The Morgan fingerprint density at radius 2 is 1.95 bits per heavy atom. The number of pyridine rings is 1. The van der Waals surface area contributed by atoms with Gasteiger partial charge in [-0.1, -0.05) is 6.92 Å². The van der Waals surface area contributed by atoms with Gasteiger partial charge in [0.05, 0.1) is 0 Å². The van der Waals surface area contributed by atoms with Crippen LogP contribution >= 0.6 is 0 Å². The number of nitrogens with zero attached hydrogens (tertiary/aromatic N) is 2. The summed E-state index contributed by atoms with van der Waals surface area (Å²) in [5.41, 5.74) is 1.55.